The minimum atomic E-state index is -4.95. The Kier molecular flexibility index (Phi) is 57.6. The molecule has 3 N–H and O–H groups in total. The van der Waals surface area contributed by atoms with Crippen molar-refractivity contribution in [3.63, 3.8) is 0 Å². The van der Waals surface area contributed by atoms with Crippen LogP contribution in [0, 0.1) is 23.7 Å². The first-order valence-corrected chi connectivity index (χ1v) is 38.7. The molecule has 19 heteroatoms. The summed E-state index contributed by atoms with van der Waals surface area (Å²) in [5, 5.41) is 10.6. The van der Waals surface area contributed by atoms with Gasteiger partial charge in [-0.15, -0.1) is 0 Å². The maximum absolute atomic E-state index is 13.0. The van der Waals surface area contributed by atoms with Crippen LogP contribution in [-0.4, -0.2) is 96.7 Å². The SMILES string of the molecule is CC(C)CCCCCCCCCCCCCC(=O)O[C@H](COC(=O)CCCCCCCCCCC(C)C)COP(=O)(O)OCC(O)COP(=O)(O)OC[C@@H](COC(=O)CCCCCCCCCCCCC(C)C)OC(=O)CCCCCCCCCC(C)C. The number of phosphoric ester groups is 2. The van der Waals surface area contributed by atoms with Gasteiger partial charge in [-0.1, -0.05) is 287 Å². The van der Waals surface area contributed by atoms with E-state index >= 15 is 0 Å². The molecule has 0 aromatic rings. The zero-order valence-electron chi connectivity index (χ0n) is 57.3. The Hall–Kier alpha value is -1.94. The average molecular weight is 1300 g/mol. The number of ether oxygens (including phenoxy) is 4. The van der Waals surface area contributed by atoms with Gasteiger partial charge in [-0.3, -0.25) is 37.3 Å². The van der Waals surface area contributed by atoms with Gasteiger partial charge in [0.25, 0.3) is 0 Å². The van der Waals surface area contributed by atoms with Crippen molar-refractivity contribution < 1.29 is 80.2 Å². The van der Waals surface area contributed by atoms with Crippen molar-refractivity contribution in [3.8, 4) is 0 Å². The molecule has 88 heavy (non-hydrogen) atoms. The lowest BCUT2D eigenvalue weighted by Gasteiger charge is -2.21. The number of carbonyl (C=O) groups excluding carboxylic acids is 4. The molecule has 0 bridgehead atoms. The molecule has 0 fully saturated rings. The molecular weight excluding hydrogens is 1160 g/mol. The van der Waals surface area contributed by atoms with E-state index in [1.54, 1.807) is 0 Å². The van der Waals surface area contributed by atoms with E-state index < -0.39 is 97.5 Å². The maximum Gasteiger partial charge on any atom is 0.472 e. The van der Waals surface area contributed by atoms with Gasteiger partial charge in [0.1, 0.15) is 19.3 Å². The summed E-state index contributed by atoms with van der Waals surface area (Å²) < 4.78 is 68.2. The zero-order valence-corrected chi connectivity index (χ0v) is 59.1. The van der Waals surface area contributed by atoms with Crippen LogP contribution in [0.25, 0.3) is 0 Å². The number of unbranched alkanes of at least 4 members (excludes halogenated alkanes) is 32. The van der Waals surface area contributed by atoms with Crippen molar-refractivity contribution in [2.24, 2.45) is 23.7 Å². The Morgan fingerprint density at radius 2 is 0.477 bits per heavy atom. The van der Waals surface area contributed by atoms with Gasteiger partial charge < -0.3 is 33.8 Å². The van der Waals surface area contributed by atoms with E-state index in [2.05, 4.69) is 55.4 Å². The van der Waals surface area contributed by atoms with Crippen LogP contribution < -0.4 is 0 Å². The molecule has 0 saturated heterocycles. The minimum Gasteiger partial charge on any atom is -0.462 e. The predicted molar refractivity (Wildman–Crippen MR) is 354 cm³/mol. The number of hydrogen-bond donors (Lipinski definition) is 3. The maximum atomic E-state index is 13.0. The molecule has 0 heterocycles. The summed E-state index contributed by atoms with van der Waals surface area (Å²) in [6.45, 7) is 14.0. The molecule has 0 aliphatic heterocycles. The number of esters is 4. The largest absolute Gasteiger partial charge is 0.472 e. The van der Waals surface area contributed by atoms with Gasteiger partial charge in [-0.05, 0) is 49.4 Å². The van der Waals surface area contributed by atoms with E-state index in [9.17, 15) is 43.2 Å². The summed E-state index contributed by atoms with van der Waals surface area (Å²) in [5.41, 5.74) is 0. The molecule has 0 rings (SSSR count). The summed E-state index contributed by atoms with van der Waals surface area (Å²) >= 11 is 0. The van der Waals surface area contributed by atoms with Crippen molar-refractivity contribution in [1.29, 1.82) is 0 Å². The first-order chi connectivity index (χ1) is 42.1. The molecule has 17 nitrogen and oxygen atoms in total. The summed E-state index contributed by atoms with van der Waals surface area (Å²) in [4.78, 5) is 72.5. The predicted octanol–water partition coefficient (Wildman–Crippen LogP) is 19.3. The average Bonchev–Trinajstić information content (AvgIpc) is 3.62. The first kappa shape index (κ1) is 86.1. The topological polar surface area (TPSA) is 237 Å². The van der Waals surface area contributed by atoms with Gasteiger partial charge in [-0.2, -0.15) is 0 Å². The molecule has 0 aromatic heterocycles. The summed E-state index contributed by atoms with van der Waals surface area (Å²) in [6, 6.07) is 0. The second-order valence-corrected chi connectivity index (χ2v) is 29.7. The van der Waals surface area contributed by atoms with Crippen molar-refractivity contribution >= 4 is 39.5 Å². The van der Waals surface area contributed by atoms with Gasteiger partial charge in [0.2, 0.25) is 0 Å². The smallest absolute Gasteiger partial charge is 0.462 e. The minimum absolute atomic E-state index is 0.103. The molecule has 0 amide bonds. The number of hydrogen-bond acceptors (Lipinski definition) is 15. The van der Waals surface area contributed by atoms with Crippen molar-refractivity contribution in [2.75, 3.05) is 39.6 Å². The Morgan fingerprint density at radius 1 is 0.284 bits per heavy atom. The third-order valence-corrected chi connectivity index (χ3v) is 17.7. The van der Waals surface area contributed by atoms with E-state index in [4.69, 9.17) is 37.0 Å². The summed E-state index contributed by atoms with van der Waals surface area (Å²) in [6.07, 6.45) is 40.4. The highest BCUT2D eigenvalue weighted by molar-refractivity contribution is 7.47. The molecule has 5 atom stereocenters. The number of aliphatic hydroxyl groups is 1. The number of rotatable bonds is 66. The fraction of sp³-hybridized carbons (Fsp3) is 0.942. The van der Waals surface area contributed by atoms with Crippen LogP contribution in [0.5, 0.6) is 0 Å². The van der Waals surface area contributed by atoms with Crippen LogP contribution in [0.15, 0.2) is 0 Å². The second kappa shape index (κ2) is 58.8. The lowest BCUT2D eigenvalue weighted by atomic mass is 10.0. The third-order valence-electron chi connectivity index (χ3n) is 15.8. The second-order valence-electron chi connectivity index (χ2n) is 26.8. The molecular formula is C69H134O17P2. The van der Waals surface area contributed by atoms with Crippen LogP contribution in [0.2, 0.25) is 0 Å². The van der Waals surface area contributed by atoms with Crippen molar-refractivity contribution in [2.45, 2.75) is 356 Å². The van der Waals surface area contributed by atoms with Gasteiger partial charge in [-0.25, -0.2) is 9.13 Å². The number of aliphatic hydroxyl groups excluding tert-OH is 1. The van der Waals surface area contributed by atoms with Crippen LogP contribution in [0.4, 0.5) is 0 Å². The molecule has 0 saturated carbocycles. The Labute approximate surface area is 537 Å². The van der Waals surface area contributed by atoms with Gasteiger partial charge in [0.15, 0.2) is 12.2 Å². The van der Waals surface area contributed by atoms with E-state index in [1.807, 2.05) is 0 Å². The fourth-order valence-corrected chi connectivity index (χ4v) is 11.9. The van der Waals surface area contributed by atoms with Crippen molar-refractivity contribution in [1.82, 2.24) is 0 Å². The summed E-state index contributed by atoms with van der Waals surface area (Å²) in [5.74, 6) is 0.813. The fourth-order valence-electron chi connectivity index (χ4n) is 10.3. The van der Waals surface area contributed by atoms with Gasteiger partial charge in [0, 0.05) is 25.7 Å². The normalized spacial score (nSPS) is 14.3. The Morgan fingerprint density at radius 3 is 0.705 bits per heavy atom. The third kappa shape index (κ3) is 62.8. The van der Waals surface area contributed by atoms with Crippen LogP contribution >= 0.6 is 15.6 Å². The first-order valence-electron chi connectivity index (χ1n) is 35.7. The van der Waals surface area contributed by atoms with E-state index in [0.717, 1.165) is 108 Å². The number of phosphoric acid groups is 2. The zero-order chi connectivity index (χ0) is 65.4. The highest BCUT2D eigenvalue weighted by Gasteiger charge is 2.30. The highest BCUT2D eigenvalue weighted by atomic mass is 31.2. The van der Waals surface area contributed by atoms with E-state index in [1.165, 1.54) is 141 Å². The molecule has 0 spiro atoms. The monoisotopic (exact) mass is 1300 g/mol. The van der Waals surface area contributed by atoms with Crippen LogP contribution in [0.3, 0.4) is 0 Å². The lowest BCUT2D eigenvalue weighted by Crippen LogP contribution is -2.30. The highest BCUT2D eigenvalue weighted by Crippen LogP contribution is 2.45. The van der Waals surface area contributed by atoms with Crippen LogP contribution in [-0.2, 0) is 65.4 Å². The Bertz CT molecular complexity index is 1750. The molecule has 0 radical (unpaired) electrons. The molecule has 0 aliphatic carbocycles. The quantitative estimate of drug-likeness (QED) is 0.0222. The Balaban J connectivity index is 5.25. The van der Waals surface area contributed by atoms with Gasteiger partial charge in [0.05, 0.1) is 26.4 Å². The van der Waals surface area contributed by atoms with E-state index in [-0.39, 0.29) is 25.7 Å². The molecule has 0 aromatic carbocycles. The molecule has 3 unspecified atom stereocenters. The lowest BCUT2D eigenvalue weighted by molar-refractivity contribution is -0.161. The van der Waals surface area contributed by atoms with Crippen molar-refractivity contribution in [3.05, 3.63) is 0 Å². The van der Waals surface area contributed by atoms with E-state index in [0.29, 0.717) is 31.6 Å². The summed E-state index contributed by atoms with van der Waals surface area (Å²) in [7, 11) is -9.90. The number of carbonyl (C=O) groups is 4. The van der Waals surface area contributed by atoms with Gasteiger partial charge >= 0.3 is 39.5 Å². The van der Waals surface area contributed by atoms with Crippen LogP contribution in [0.1, 0.15) is 338 Å². The molecule has 522 valence electrons. The molecule has 0 aliphatic rings. The standard InChI is InChI=1S/C69H134O17P2/c1-59(2)45-37-29-21-14-10-9-11-17-27-35-43-51-68(73)85-64(55-80-67(72)50-42-34-26-19-18-23-31-39-47-61(5)6)57-83-87(75,76)81-53-63(70)54-82-88(77,78)84-58-65(86-69(74)52-44-36-28-20-24-32-40-48-62(7)8)56-79-66(71)49-41-33-25-16-13-12-15-22-30-38-46-60(3)4/h59-65,70H,9-58H2,1-8H3,(H,75,76)(H,77,78)/t63?,64-,65-/m1/s1.